The average Bonchev–Trinajstić information content (AvgIpc) is 2.72. The van der Waals surface area contributed by atoms with Gasteiger partial charge >= 0.3 is 0 Å². The zero-order valence-corrected chi connectivity index (χ0v) is 21.6. The fourth-order valence-electron chi connectivity index (χ4n) is 4.06. The maximum absolute atomic E-state index is 5.81. The lowest BCUT2D eigenvalue weighted by molar-refractivity contribution is 0.119. The van der Waals surface area contributed by atoms with Crippen LogP contribution in [0.15, 0.2) is 0 Å². The van der Waals surface area contributed by atoms with E-state index in [-0.39, 0.29) is 0 Å². The van der Waals surface area contributed by atoms with Crippen LogP contribution < -0.4 is 0 Å². The molecule has 0 saturated heterocycles. The standard InChI is InChI=1S/C27H58N2O/c1-5-6-7-8-9-10-11-12-13-14-15-16-17-18-19-20-26-30-27-22-25-29(4)24-21-23-28(2)3/h5-27H2,1-4H3. The molecule has 0 N–H and O–H groups in total. The van der Waals surface area contributed by atoms with Crippen LogP contribution in [-0.2, 0) is 4.74 Å². The lowest BCUT2D eigenvalue weighted by Gasteiger charge is -2.17. The molecule has 0 aromatic carbocycles. The normalized spacial score (nSPS) is 11.8. The van der Waals surface area contributed by atoms with E-state index in [0.717, 1.165) is 26.2 Å². The van der Waals surface area contributed by atoms with Crippen LogP contribution in [-0.4, -0.2) is 63.8 Å². The first kappa shape index (κ1) is 29.9. The van der Waals surface area contributed by atoms with Crippen molar-refractivity contribution in [2.75, 3.05) is 54.0 Å². The van der Waals surface area contributed by atoms with Crippen molar-refractivity contribution < 1.29 is 4.74 Å². The molecule has 0 aliphatic carbocycles. The Morgan fingerprint density at radius 1 is 0.433 bits per heavy atom. The van der Waals surface area contributed by atoms with Crippen molar-refractivity contribution in [1.29, 1.82) is 0 Å². The summed E-state index contributed by atoms with van der Waals surface area (Å²) in [7, 11) is 6.52. The molecule has 0 atom stereocenters. The van der Waals surface area contributed by atoms with Gasteiger partial charge in [-0.2, -0.15) is 0 Å². The predicted molar refractivity (Wildman–Crippen MR) is 136 cm³/mol. The highest BCUT2D eigenvalue weighted by Gasteiger charge is 1.99. The molecule has 182 valence electrons. The van der Waals surface area contributed by atoms with Gasteiger partial charge in [0.15, 0.2) is 0 Å². The maximum atomic E-state index is 5.81. The molecule has 0 bridgehead atoms. The van der Waals surface area contributed by atoms with Crippen LogP contribution in [0.1, 0.15) is 122 Å². The first-order chi connectivity index (χ1) is 14.7. The van der Waals surface area contributed by atoms with Crippen molar-refractivity contribution in [2.45, 2.75) is 122 Å². The molecule has 3 heteroatoms. The zero-order valence-electron chi connectivity index (χ0n) is 21.6. The number of nitrogens with zero attached hydrogens (tertiary/aromatic N) is 2. The second-order valence-corrected chi connectivity index (χ2v) is 9.73. The molecule has 0 fully saturated rings. The molecule has 0 aliphatic rings. The third-order valence-corrected chi connectivity index (χ3v) is 6.12. The van der Waals surface area contributed by atoms with Gasteiger partial charge in [-0.3, -0.25) is 0 Å². The summed E-state index contributed by atoms with van der Waals surface area (Å²) in [6.07, 6.45) is 25.3. The van der Waals surface area contributed by atoms with E-state index in [0.29, 0.717) is 0 Å². The second-order valence-electron chi connectivity index (χ2n) is 9.73. The lowest BCUT2D eigenvalue weighted by Crippen LogP contribution is -2.25. The van der Waals surface area contributed by atoms with E-state index in [2.05, 4.69) is 37.9 Å². The van der Waals surface area contributed by atoms with Gasteiger partial charge in [-0.05, 0) is 53.5 Å². The zero-order chi connectivity index (χ0) is 22.1. The van der Waals surface area contributed by atoms with E-state index in [9.17, 15) is 0 Å². The van der Waals surface area contributed by atoms with Crippen LogP contribution in [0.4, 0.5) is 0 Å². The van der Waals surface area contributed by atoms with Gasteiger partial charge in [0.1, 0.15) is 0 Å². The van der Waals surface area contributed by atoms with Gasteiger partial charge in [0.05, 0.1) is 0 Å². The average molecular weight is 427 g/mol. The Balaban J connectivity index is 3.08. The SMILES string of the molecule is CCCCCCCCCCCCCCCCCCOCCCN(C)CCCN(C)C. The molecule has 0 aromatic rings. The topological polar surface area (TPSA) is 15.7 Å². The van der Waals surface area contributed by atoms with E-state index in [1.165, 1.54) is 122 Å². The molecule has 0 aromatic heterocycles. The molecule has 0 amide bonds. The Labute approximate surface area is 191 Å². The number of rotatable bonds is 25. The summed E-state index contributed by atoms with van der Waals surface area (Å²) < 4.78 is 5.81. The quantitative estimate of drug-likeness (QED) is 0.140. The molecule has 0 saturated carbocycles. The van der Waals surface area contributed by atoms with Crippen molar-refractivity contribution >= 4 is 0 Å². The fourth-order valence-corrected chi connectivity index (χ4v) is 4.06. The van der Waals surface area contributed by atoms with Crippen LogP contribution in [0, 0.1) is 0 Å². The van der Waals surface area contributed by atoms with Gasteiger partial charge in [0.2, 0.25) is 0 Å². The summed E-state index contributed by atoms with van der Waals surface area (Å²) in [5, 5.41) is 0. The number of unbranched alkanes of at least 4 members (excludes halogenated alkanes) is 15. The van der Waals surface area contributed by atoms with Crippen molar-refractivity contribution in [3.8, 4) is 0 Å². The molecule has 0 heterocycles. The highest BCUT2D eigenvalue weighted by molar-refractivity contribution is 4.54. The smallest absolute Gasteiger partial charge is 0.0478 e. The van der Waals surface area contributed by atoms with Gasteiger partial charge in [-0.25, -0.2) is 0 Å². The van der Waals surface area contributed by atoms with Crippen LogP contribution in [0.2, 0.25) is 0 Å². The minimum Gasteiger partial charge on any atom is -0.381 e. The third-order valence-electron chi connectivity index (χ3n) is 6.12. The minimum atomic E-state index is 0.927. The highest BCUT2D eigenvalue weighted by atomic mass is 16.5. The Morgan fingerprint density at radius 3 is 1.30 bits per heavy atom. The van der Waals surface area contributed by atoms with Crippen molar-refractivity contribution in [3.05, 3.63) is 0 Å². The highest BCUT2D eigenvalue weighted by Crippen LogP contribution is 2.13. The van der Waals surface area contributed by atoms with Crippen LogP contribution in [0.25, 0.3) is 0 Å². The molecular formula is C27H58N2O. The maximum Gasteiger partial charge on any atom is 0.0478 e. The Morgan fingerprint density at radius 2 is 0.833 bits per heavy atom. The second kappa shape index (κ2) is 25.1. The van der Waals surface area contributed by atoms with Crippen molar-refractivity contribution in [2.24, 2.45) is 0 Å². The van der Waals surface area contributed by atoms with Gasteiger partial charge in [-0.15, -0.1) is 0 Å². The van der Waals surface area contributed by atoms with Crippen LogP contribution >= 0.6 is 0 Å². The Kier molecular flexibility index (Phi) is 25.0. The molecule has 0 spiro atoms. The molecule has 0 aliphatic heterocycles. The van der Waals surface area contributed by atoms with E-state index >= 15 is 0 Å². The van der Waals surface area contributed by atoms with E-state index < -0.39 is 0 Å². The van der Waals surface area contributed by atoms with Crippen LogP contribution in [0.5, 0.6) is 0 Å². The molecule has 3 nitrogen and oxygen atoms in total. The van der Waals surface area contributed by atoms with E-state index in [1.807, 2.05) is 0 Å². The third kappa shape index (κ3) is 25.9. The molecule has 0 radical (unpaired) electrons. The summed E-state index contributed by atoms with van der Waals surface area (Å²) in [5.74, 6) is 0. The van der Waals surface area contributed by atoms with Gasteiger partial charge in [0, 0.05) is 19.8 Å². The van der Waals surface area contributed by atoms with Crippen molar-refractivity contribution in [1.82, 2.24) is 9.80 Å². The largest absolute Gasteiger partial charge is 0.381 e. The first-order valence-electron chi connectivity index (χ1n) is 13.6. The van der Waals surface area contributed by atoms with Gasteiger partial charge in [-0.1, -0.05) is 103 Å². The predicted octanol–water partition coefficient (Wildman–Crippen LogP) is 7.54. The Hall–Kier alpha value is -0.120. The lowest BCUT2D eigenvalue weighted by atomic mass is 10.0. The number of hydrogen-bond acceptors (Lipinski definition) is 3. The van der Waals surface area contributed by atoms with Crippen molar-refractivity contribution in [3.63, 3.8) is 0 Å². The summed E-state index contributed by atoms with van der Waals surface area (Å²) in [6.45, 7) is 7.72. The fraction of sp³-hybridized carbons (Fsp3) is 1.00. The number of ether oxygens (including phenoxy) is 1. The van der Waals surface area contributed by atoms with E-state index in [1.54, 1.807) is 0 Å². The summed E-state index contributed by atoms with van der Waals surface area (Å²) >= 11 is 0. The molecule has 0 unspecified atom stereocenters. The monoisotopic (exact) mass is 426 g/mol. The summed E-state index contributed by atoms with van der Waals surface area (Å²) in [4.78, 5) is 4.69. The number of hydrogen-bond donors (Lipinski definition) is 0. The molecule has 30 heavy (non-hydrogen) atoms. The molecule has 0 rings (SSSR count). The first-order valence-corrected chi connectivity index (χ1v) is 13.6. The minimum absolute atomic E-state index is 0.927. The van der Waals surface area contributed by atoms with Crippen LogP contribution in [0.3, 0.4) is 0 Å². The van der Waals surface area contributed by atoms with E-state index in [4.69, 9.17) is 4.74 Å². The van der Waals surface area contributed by atoms with Gasteiger partial charge in [0.25, 0.3) is 0 Å². The summed E-state index contributed by atoms with van der Waals surface area (Å²) in [5.41, 5.74) is 0. The van der Waals surface area contributed by atoms with Gasteiger partial charge < -0.3 is 14.5 Å². The molecular weight excluding hydrogens is 368 g/mol. The Bertz CT molecular complexity index is 309. The summed E-state index contributed by atoms with van der Waals surface area (Å²) in [6, 6.07) is 0.